The van der Waals surface area contributed by atoms with Crippen LogP contribution in [0.5, 0.6) is 5.75 Å². The van der Waals surface area contributed by atoms with Crippen LogP contribution in [-0.2, 0) is 0 Å². The maximum absolute atomic E-state index is 5.96. The summed E-state index contributed by atoms with van der Waals surface area (Å²) in [5.74, 6) is 1.07. The Morgan fingerprint density at radius 3 is 2.81 bits per heavy atom. The molecule has 0 aromatic heterocycles. The van der Waals surface area contributed by atoms with Gasteiger partial charge in [-0.3, -0.25) is 0 Å². The normalized spacial score (nSPS) is 24.7. The summed E-state index contributed by atoms with van der Waals surface area (Å²) in [4.78, 5) is 0. The van der Waals surface area contributed by atoms with Crippen molar-refractivity contribution in [3.63, 3.8) is 0 Å². The van der Waals surface area contributed by atoms with Gasteiger partial charge < -0.3 is 10.1 Å². The summed E-state index contributed by atoms with van der Waals surface area (Å²) < 4.78 is 7.10. The van der Waals surface area contributed by atoms with E-state index >= 15 is 0 Å². The van der Waals surface area contributed by atoms with Crippen LogP contribution in [0.15, 0.2) is 22.7 Å². The molecule has 16 heavy (non-hydrogen) atoms. The molecule has 1 heterocycles. The van der Waals surface area contributed by atoms with Crippen molar-refractivity contribution in [2.75, 3.05) is 6.54 Å². The van der Waals surface area contributed by atoms with Gasteiger partial charge in [0.15, 0.2) is 0 Å². The number of ether oxygens (including phenoxy) is 1. The zero-order valence-corrected chi connectivity index (χ0v) is 10.8. The molecule has 1 unspecified atom stereocenters. The third kappa shape index (κ3) is 2.25. The Balaban J connectivity index is 1.88. The monoisotopic (exact) mass is 281 g/mol. The summed E-state index contributed by atoms with van der Waals surface area (Å²) in [7, 11) is 0. The van der Waals surface area contributed by atoms with Gasteiger partial charge in [0.2, 0.25) is 0 Å². The summed E-state index contributed by atoms with van der Waals surface area (Å²) in [6.45, 7) is 1.13. The topological polar surface area (TPSA) is 21.3 Å². The minimum Gasteiger partial charge on any atom is -0.490 e. The molecule has 2 aliphatic rings. The Hall–Kier alpha value is -0.540. The molecule has 0 bridgehead atoms. The maximum atomic E-state index is 5.96. The Morgan fingerprint density at radius 2 is 2.12 bits per heavy atom. The number of halogens is 1. The largest absolute Gasteiger partial charge is 0.490 e. The van der Waals surface area contributed by atoms with E-state index in [2.05, 4.69) is 39.4 Å². The highest BCUT2D eigenvalue weighted by molar-refractivity contribution is 9.10. The molecule has 2 fully saturated rings. The third-order valence-electron chi connectivity index (χ3n) is 3.23. The fraction of sp³-hybridized carbons (Fsp3) is 0.538. The van der Waals surface area contributed by atoms with Crippen LogP contribution in [0.3, 0.4) is 0 Å². The molecule has 0 spiro atoms. The van der Waals surface area contributed by atoms with Gasteiger partial charge in [-0.1, -0.05) is 15.9 Å². The molecule has 1 aliphatic heterocycles. The second-order valence-corrected chi connectivity index (χ2v) is 5.56. The van der Waals surface area contributed by atoms with Gasteiger partial charge in [-0.2, -0.15) is 0 Å². The molecule has 3 heteroatoms. The van der Waals surface area contributed by atoms with Crippen molar-refractivity contribution in [1.82, 2.24) is 5.32 Å². The van der Waals surface area contributed by atoms with Crippen LogP contribution in [-0.4, -0.2) is 12.6 Å². The van der Waals surface area contributed by atoms with E-state index in [1.165, 1.54) is 31.2 Å². The van der Waals surface area contributed by atoms with E-state index in [0.717, 1.165) is 16.8 Å². The number of rotatable bonds is 3. The van der Waals surface area contributed by atoms with Gasteiger partial charge >= 0.3 is 0 Å². The lowest BCUT2D eigenvalue weighted by Gasteiger charge is -2.16. The molecular formula is C13H16BrNO. The highest BCUT2D eigenvalue weighted by Crippen LogP contribution is 2.36. The molecule has 1 aliphatic carbocycles. The van der Waals surface area contributed by atoms with Gasteiger partial charge in [-0.15, -0.1) is 0 Å². The van der Waals surface area contributed by atoms with Crippen LogP contribution >= 0.6 is 15.9 Å². The van der Waals surface area contributed by atoms with E-state index < -0.39 is 0 Å². The molecule has 1 atom stereocenters. The molecular weight excluding hydrogens is 266 g/mol. The summed E-state index contributed by atoms with van der Waals surface area (Å²) >= 11 is 3.54. The molecule has 1 saturated carbocycles. The number of hydrogen-bond acceptors (Lipinski definition) is 2. The Kier molecular flexibility index (Phi) is 2.90. The van der Waals surface area contributed by atoms with E-state index in [4.69, 9.17) is 4.74 Å². The predicted molar refractivity (Wildman–Crippen MR) is 67.8 cm³/mol. The minimum atomic E-state index is 0.473. The van der Waals surface area contributed by atoms with Crippen LogP contribution in [0.25, 0.3) is 0 Å². The van der Waals surface area contributed by atoms with Crippen molar-refractivity contribution in [3.8, 4) is 5.75 Å². The lowest BCUT2D eigenvalue weighted by atomic mass is 10.0. The van der Waals surface area contributed by atoms with E-state index in [9.17, 15) is 0 Å². The number of benzene rings is 1. The number of nitrogens with one attached hydrogen (secondary N) is 1. The van der Waals surface area contributed by atoms with Crippen LogP contribution in [0.4, 0.5) is 0 Å². The lowest BCUT2D eigenvalue weighted by molar-refractivity contribution is 0.297. The molecule has 2 nitrogen and oxygen atoms in total. The molecule has 1 saturated heterocycles. The van der Waals surface area contributed by atoms with Crippen molar-refractivity contribution < 1.29 is 4.74 Å². The Bertz CT molecular complexity index is 384. The maximum Gasteiger partial charge on any atom is 0.124 e. The third-order valence-corrected chi connectivity index (χ3v) is 3.72. The SMILES string of the molecule is Brc1ccc(OC2CC2)c(C2CCCN2)c1. The standard InChI is InChI=1S/C13H16BrNO/c14-9-3-6-13(16-10-4-5-10)11(8-9)12-2-1-7-15-12/h3,6,8,10,12,15H,1-2,4-5,7H2. The molecule has 1 N–H and O–H groups in total. The van der Waals surface area contributed by atoms with E-state index in [0.29, 0.717) is 12.1 Å². The van der Waals surface area contributed by atoms with Gasteiger partial charge in [0.1, 0.15) is 5.75 Å². The Labute approximate surface area is 105 Å². The quantitative estimate of drug-likeness (QED) is 0.917. The van der Waals surface area contributed by atoms with Crippen molar-refractivity contribution >= 4 is 15.9 Å². The average molecular weight is 282 g/mol. The smallest absolute Gasteiger partial charge is 0.124 e. The van der Waals surface area contributed by atoms with Gasteiger partial charge in [0.25, 0.3) is 0 Å². The molecule has 0 amide bonds. The molecule has 0 radical (unpaired) electrons. The van der Waals surface area contributed by atoms with E-state index in [-0.39, 0.29) is 0 Å². The second-order valence-electron chi connectivity index (χ2n) is 4.65. The van der Waals surface area contributed by atoms with Crippen LogP contribution in [0.2, 0.25) is 0 Å². The second kappa shape index (κ2) is 4.38. The van der Waals surface area contributed by atoms with E-state index in [1.54, 1.807) is 0 Å². The van der Waals surface area contributed by atoms with Crippen LogP contribution < -0.4 is 10.1 Å². The summed E-state index contributed by atoms with van der Waals surface area (Å²) in [6.07, 6.45) is 5.39. The number of hydrogen-bond donors (Lipinski definition) is 1. The Morgan fingerprint density at radius 1 is 1.25 bits per heavy atom. The fourth-order valence-electron chi connectivity index (χ4n) is 2.21. The minimum absolute atomic E-state index is 0.473. The zero-order valence-electron chi connectivity index (χ0n) is 9.21. The van der Waals surface area contributed by atoms with Crippen molar-refractivity contribution in [2.45, 2.75) is 37.8 Å². The molecule has 3 rings (SSSR count). The first kappa shape index (κ1) is 10.6. The first-order chi connectivity index (χ1) is 7.83. The fourth-order valence-corrected chi connectivity index (χ4v) is 2.59. The summed E-state index contributed by atoms with van der Waals surface area (Å²) in [5.41, 5.74) is 1.32. The molecule has 1 aromatic carbocycles. The van der Waals surface area contributed by atoms with Crippen LogP contribution in [0, 0.1) is 0 Å². The van der Waals surface area contributed by atoms with E-state index in [1.807, 2.05) is 0 Å². The van der Waals surface area contributed by atoms with Crippen molar-refractivity contribution in [3.05, 3.63) is 28.2 Å². The van der Waals surface area contributed by atoms with Crippen LogP contribution in [0.1, 0.15) is 37.3 Å². The highest BCUT2D eigenvalue weighted by atomic mass is 79.9. The predicted octanol–water partition coefficient (Wildman–Crippen LogP) is 3.41. The average Bonchev–Trinajstić information content (AvgIpc) is 2.93. The first-order valence-corrected chi connectivity index (χ1v) is 6.82. The summed E-state index contributed by atoms with van der Waals surface area (Å²) in [5, 5.41) is 3.53. The highest BCUT2D eigenvalue weighted by Gasteiger charge is 2.27. The van der Waals surface area contributed by atoms with Crippen molar-refractivity contribution in [2.24, 2.45) is 0 Å². The van der Waals surface area contributed by atoms with Crippen molar-refractivity contribution in [1.29, 1.82) is 0 Å². The molecule has 1 aromatic rings. The zero-order chi connectivity index (χ0) is 11.0. The van der Waals surface area contributed by atoms with Gasteiger partial charge in [0.05, 0.1) is 6.10 Å². The van der Waals surface area contributed by atoms with Gasteiger partial charge in [0, 0.05) is 16.1 Å². The summed E-state index contributed by atoms with van der Waals surface area (Å²) in [6, 6.07) is 6.83. The van der Waals surface area contributed by atoms with Gasteiger partial charge in [-0.05, 0) is 50.4 Å². The molecule has 86 valence electrons. The lowest BCUT2D eigenvalue weighted by Crippen LogP contribution is -2.14. The van der Waals surface area contributed by atoms with Gasteiger partial charge in [-0.25, -0.2) is 0 Å². The first-order valence-electron chi connectivity index (χ1n) is 6.02.